The molecule has 1 aliphatic carbocycles. The van der Waals surface area contributed by atoms with Gasteiger partial charge in [-0.1, -0.05) is 48.5 Å². The molecule has 5 rings (SSSR count). The molecule has 2 aromatic heterocycles. The van der Waals surface area contributed by atoms with Crippen LogP contribution in [0.15, 0.2) is 115 Å². The van der Waals surface area contributed by atoms with Crippen molar-refractivity contribution in [2.75, 3.05) is 12.4 Å². The molecule has 0 bridgehead atoms. The number of carbonyl (C=O) groups is 1. The molecular formula is C27H23CuN5O2S. The monoisotopic (exact) mass is 544 g/mol. The van der Waals surface area contributed by atoms with Gasteiger partial charge >= 0.3 is 0 Å². The second kappa shape index (κ2) is 13.2. The Kier molecular flexibility index (Phi) is 9.71. The van der Waals surface area contributed by atoms with Crippen LogP contribution in [0.2, 0.25) is 0 Å². The Labute approximate surface area is 224 Å². The third kappa shape index (κ3) is 6.76. The van der Waals surface area contributed by atoms with Crippen LogP contribution in [0.3, 0.4) is 0 Å². The number of hydrogen-bond donors (Lipinski definition) is 3. The molecule has 1 radical (unpaired) electrons. The first kappa shape index (κ1) is 26.6. The molecule has 4 aromatic rings. The van der Waals surface area contributed by atoms with E-state index in [9.17, 15) is 4.79 Å². The van der Waals surface area contributed by atoms with Gasteiger partial charge in [-0.25, -0.2) is 0 Å². The number of para-hydroxylation sites is 1. The van der Waals surface area contributed by atoms with Gasteiger partial charge in [-0.15, -0.1) is 0 Å². The van der Waals surface area contributed by atoms with E-state index in [1.807, 2.05) is 42.5 Å². The maximum atomic E-state index is 11.9. The van der Waals surface area contributed by atoms with Crippen molar-refractivity contribution in [1.29, 1.82) is 0 Å². The van der Waals surface area contributed by atoms with E-state index in [0.717, 1.165) is 27.5 Å². The molecule has 0 atom stereocenters. The van der Waals surface area contributed by atoms with Crippen LogP contribution in [0, 0.1) is 0 Å². The van der Waals surface area contributed by atoms with Crippen LogP contribution >= 0.6 is 12.2 Å². The Morgan fingerprint density at radius 3 is 2.17 bits per heavy atom. The number of hydrazine groups is 1. The van der Waals surface area contributed by atoms with Crippen molar-refractivity contribution in [3.63, 3.8) is 0 Å². The number of hydrogen-bond acceptors (Lipinski definition) is 6. The van der Waals surface area contributed by atoms with Crippen LogP contribution in [0.4, 0.5) is 5.69 Å². The predicted molar refractivity (Wildman–Crippen MR) is 143 cm³/mol. The van der Waals surface area contributed by atoms with Crippen LogP contribution in [-0.2, 0) is 26.6 Å². The molecule has 0 fully saturated rings. The number of fused-ring (bicyclic) bond motifs is 3. The SMILES string of the molecule is COC1=CC=C/C(=C/NNC(=S)Nc2ccccc2)C1=O.[Cu].c1cnc2c(c1)ccc1cccnc12. The van der Waals surface area contributed by atoms with Gasteiger partial charge in [0, 0.05) is 57.7 Å². The van der Waals surface area contributed by atoms with E-state index in [0.29, 0.717) is 16.4 Å². The fraction of sp³-hybridized carbons (Fsp3) is 0.0370. The quantitative estimate of drug-likeness (QED) is 0.111. The number of rotatable bonds is 4. The minimum atomic E-state index is -0.184. The number of thiocarbonyl (C=S) groups is 1. The molecule has 0 spiro atoms. The second-order valence-corrected chi connectivity index (χ2v) is 7.74. The van der Waals surface area contributed by atoms with Gasteiger partial charge in [0.05, 0.1) is 18.1 Å². The number of methoxy groups -OCH3 is 1. The van der Waals surface area contributed by atoms with E-state index >= 15 is 0 Å². The molecule has 7 nitrogen and oxygen atoms in total. The molecule has 0 aliphatic heterocycles. The topological polar surface area (TPSA) is 88.2 Å². The molecule has 185 valence electrons. The van der Waals surface area contributed by atoms with E-state index in [2.05, 4.69) is 50.4 Å². The number of Topliss-reactive ketones (excluding diaryl/α,β-unsaturated/α-hetero) is 1. The zero-order valence-electron chi connectivity index (χ0n) is 19.2. The minimum Gasteiger partial charge on any atom is -0.493 e. The van der Waals surface area contributed by atoms with Gasteiger partial charge in [-0.05, 0) is 48.6 Å². The summed E-state index contributed by atoms with van der Waals surface area (Å²) < 4.78 is 4.97. The van der Waals surface area contributed by atoms with E-state index in [1.165, 1.54) is 13.3 Å². The maximum Gasteiger partial charge on any atom is 0.229 e. The number of aromatic nitrogens is 2. The zero-order chi connectivity index (χ0) is 24.5. The normalized spacial score (nSPS) is 13.2. The van der Waals surface area contributed by atoms with Crippen molar-refractivity contribution in [2.45, 2.75) is 0 Å². The number of nitrogens with zero attached hydrogens (tertiary/aromatic N) is 2. The van der Waals surface area contributed by atoms with Crippen molar-refractivity contribution in [2.24, 2.45) is 0 Å². The second-order valence-electron chi connectivity index (χ2n) is 7.33. The molecule has 0 unspecified atom stereocenters. The van der Waals surface area contributed by atoms with Crippen LogP contribution in [-0.4, -0.2) is 28.0 Å². The van der Waals surface area contributed by atoms with Gasteiger partial charge in [0.2, 0.25) is 5.78 Å². The maximum absolute atomic E-state index is 11.9. The Morgan fingerprint density at radius 2 is 1.56 bits per heavy atom. The van der Waals surface area contributed by atoms with Gasteiger partial charge in [-0.3, -0.25) is 20.2 Å². The summed E-state index contributed by atoms with van der Waals surface area (Å²) in [5.41, 5.74) is 8.87. The van der Waals surface area contributed by atoms with Crippen molar-refractivity contribution < 1.29 is 26.6 Å². The van der Waals surface area contributed by atoms with Gasteiger partial charge in [0.25, 0.3) is 0 Å². The van der Waals surface area contributed by atoms with Crippen LogP contribution in [0.25, 0.3) is 21.8 Å². The van der Waals surface area contributed by atoms with Crippen molar-refractivity contribution in [3.05, 3.63) is 115 Å². The standard InChI is InChI=1S/C15H15N3O2S.C12H8N2.Cu/c1-20-13-9-5-6-11(14(13)19)10-16-18-15(21)17-12-7-3-2-4-8-12;1-3-9-5-6-10-4-2-8-14-12(10)11(9)13-7-1;/h2-10,16H,1H3,(H2,17,18,21);1-8H;/b11-10-;;. The van der Waals surface area contributed by atoms with E-state index in [1.54, 1.807) is 30.6 Å². The first-order chi connectivity index (χ1) is 17.2. The van der Waals surface area contributed by atoms with E-state index in [-0.39, 0.29) is 22.9 Å². The molecule has 2 aromatic carbocycles. The molecule has 1 aliphatic rings. The Hall–Kier alpha value is -4.04. The smallest absolute Gasteiger partial charge is 0.229 e. The molecule has 0 saturated carbocycles. The Balaban J connectivity index is 0.000000208. The number of pyridine rings is 2. The third-order valence-corrected chi connectivity index (χ3v) is 5.22. The van der Waals surface area contributed by atoms with Gasteiger partial charge in [0.1, 0.15) is 0 Å². The molecule has 0 saturated heterocycles. The van der Waals surface area contributed by atoms with E-state index in [4.69, 9.17) is 17.0 Å². The Morgan fingerprint density at radius 1 is 0.917 bits per heavy atom. The molecular weight excluding hydrogens is 522 g/mol. The average molecular weight is 545 g/mol. The number of nitrogens with one attached hydrogen (secondary N) is 3. The van der Waals surface area contributed by atoms with Gasteiger partial charge < -0.3 is 15.5 Å². The number of ether oxygens (including phenoxy) is 1. The summed E-state index contributed by atoms with van der Waals surface area (Å²) in [6.45, 7) is 0. The number of benzene rings is 2. The Bertz CT molecular complexity index is 1400. The van der Waals surface area contributed by atoms with Crippen LogP contribution in [0.1, 0.15) is 0 Å². The summed E-state index contributed by atoms with van der Waals surface area (Å²) in [6.07, 6.45) is 10.2. The first-order valence-electron chi connectivity index (χ1n) is 10.8. The zero-order valence-corrected chi connectivity index (χ0v) is 21.0. The van der Waals surface area contributed by atoms with Crippen molar-refractivity contribution in [3.8, 4) is 0 Å². The fourth-order valence-electron chi connectivity index (χ4n) is 3.35. The largest absolute Gasteiger partial charge is 0.493 e. The van der Waals surface area contributed by atoms with Gasteiger partial charge in [-0.2, -0.15) is 0 Å². The molecule has 9 heteroatoms. The molecule has 2 heterocycles. The van der Waals surface area contributed by atoms with E-state index < -0.39 is 0 Å². The predicted octanol–water partition coefficient (Wildman–Crippen LogP) is 4.81. The summed E-state index contributed by atoms with van der Waals surface area (Å²) in [5, 5.41) is 5.67. The van der Waals surface area contributed by atoms with Crippen molar-refractivity contribution >= 4 is 50.6 Å². The molecule has 3 N–H and O–H groups in total. The summed E-state index contributed by atoms with van der Waals surface area (Å²) in [6, 6.07) is 21.7. The van der Waals surface area contributed by atoms with Crippen molar-refractivity contribution in [1.82, 2.24) is 20.8 Å². The summed E-state index contributed by atoms with van der Waals surface area (Å²) in [4.78, 5) is 20.6. The average Bonchev–Trinajstić information content (AvgIpc) is 2.90. The number of allylic oxidation sites excluding steroid dienone is 4. The first-order valence-corrected chi connectivity index (χ1v) is 11.2. The van der Waals surface area contributed by atoms with Crippen LogP contribution in [0.5, 0.6) is 0 Å². The third-order valence-electron chi connectivity index (χ3n) is 5.02. The molecule has 36 heavy (non-hydrogen) atoms. The minimum absolute atomic E-state index is 0. The summed E-state index contributed by atoms with van der Waals surface area (Å²) in [5.74, 6) is 0.117. The van der Waals surface area contributed by atoms with Gasteiger partial charge in [0.15, 0.2) is 10.9 Å². The number of ketones is 1. The number of anilines is 1. The van der Waals surface area contributed by atoms with Crippen LogP contribution < -0.4 is 16.2 Å². The number of carbonyl (C=O) groups excluding carboxylic acids is 1. The summed E-state index contributed by atoms with van der Waals surface area (Å²) in [7, 11) is 1.46. The molecule has 0 amide bonds. The summed E-state index contributed by atoms with van der Waals surface area (Å²) >= 11 is 5.13. The fourth-order valence-corrected chi connectivity index (χ4v) is 3.53.